The average molecular weight is 216 g/mol. The molecule has 0 fully saturated rings. The van der Waals surface area contributed by atoms with Crippen molar-refractivity contribution >= 4 is 11.3 Å². The highest BCUT2D eigenvalue weighted by Crippen LogP contribution is 2.28. The van der Waals surface area contributed by atoms with Crippen LogP contribution in [0.3, 0.4) is 0 Å². The Kier molecular flexibility index (Phi) is 2.57. The van der Waals surface area contributed by atoms with Crippen LogP contribution in [0.1, 0.15) is 10.4 Å². The zero-order valence-electron chi connectivity index (χ0n) is 8.25. The van der Waals surface area contributed by atoms with Crippen molar-refractivity contribution in [2.45, 2.75) is 6.92 Å². The Morgan fingerprint density at radius 3 is 2.80 bits per heavy atom. The normalized spacial score (nSPS) is 9.93. The summed E-state index contributed by atoms with van der Waals surface area (Å²) in [5.41, 5.74) is 2.52. The minimum Gasteiger partial charge on any atom is -0.206 e. The lowest BCUT2D eigenvalue weighted by molar-refractivity contribution is 0.631. The molecule has 74 valence electrons. The third-order valence-corrected chi connectivity index (χ3v) is 3.04. The monoisotopic (exact) mass is 216 g/mol. The van der Waals surface area contributed by atoms with E-state index in [1.165, 1.54) is 17.4 Å². The fourth-order valence-electron chi connectivity index (χ4n) is 1.41. The van der Waals surface area contributed by atoms with Gasteiger partial charge in [0, 0.05) is 5.56 Å². The minimum absolute atomic E-state index is 0.207. The molecule has 0 amide bonds. The van der Waals surface area contributed by atoms with Crippen LogP contribution in [-0.2, 0) is 0 Å². The molecule has 0 atom stereocenters. The van der Waals surface area contributed by atoms with Crippen LogP contribution in [-0.4, -0.2) is 0 Å². The van der Waals surface area contributed by atoms with Gasteiger partial charge in [0.2, 0.25) is 0 Å². The van der Waals surface area contributed by atoms with Crippen LogP contribution in [0.4, 0.5) is 4.39 Å². The van der Waals surface area contributed by atoms with Gasteiger partial charge in [-0.2, -0.15) is 0 Å². The highest BCUT2D eigenvalue weighted by Gasteiger charge is 2.06. The maximum atomic E-state index is 13.5. The smallest absolute Gasteiger partial charge is 0.131 e. The second-order valence-electron chi connectivity index (χ2n) is 3.33. The van der Waals surface area contributed by atoms with E-state index in [2.05, 4.69) is 5.92 Å². The zero-order chi connectivity index (χ0) is 10.8. The predicted octanol–water partition coefficient (Wildman–Crippen LogP) is 3.84. The van der Waals surface area contributed by atoms with E-state index in [-0.39, 0.29) is 5.82 Å². The Morgan fingerprint density at radius 2 is 2.13 bits per heavy atom. The van der Waals surface area contributed by atoms with E-state index in [9.17, 15) is 4.39 Å². The SMILES string of the molecule is C#Cc1cc(-c2cc(C)ccc2F)cs1. The summed E-state index contributed by atoms with van der Waals surface area (Å²) in [6, 6.07) is 6.91. The summed E-state index contributed by atoms with van der Waals surface area (Å²) in [6.07, 6.45) is 5.28. The molecule has 2 aromatic rings. The van der Waals surface area contributed by atoms with Crippen molar-refractivity contribution in [1.82, 2.24) is 0 Å². The van der Waals surface area contributed by atoms with Crippen LogP contribution >= 0.6 is 11.3 Å². The Labute approximate surface area is 92.4 Å². The zero-order valence-corrected chi connectivity index (χ0v) is 9.07. The van der Waals surface area contributed by atoms with Gasteiger partial charge in [-0.3, -0.25) is 0 Å². The standard InChI is InChI=1S/C13H9FS/c1-3-11-7-10(8-15-11)12-6-9(2)4-5-13(12)14/h1,4-8H,2H3. The van der Waals surface area contributed by atoms with Gasteiger partial charge in [0.25, 0.3) is 0 Å². The van der Waals surface area contributed by atoms with Gasteiger partial charge in [-0.25, -0.2) is 4.39 Å². The lowest BCUT2D eigenvalue weighted by atomic mass is 10.1. The Morgan fingerprint density at radius 1 is 1.33 bits per heavy atom. The maximum Gasteiger partial charge on any atom is 0.131 e. The molecule has 2 heteroatoms. The molecule has 1 aromatic heterocycles. The first kappa shape index (κ1) is 9.95. The number of aryl methyl sites for hydroxylation is 1. The first-order valence-corrected chi connectivity index (χ1v) is 5.40. The molecule has 0 saturated carbocycles. The van der Waals surface area contributed by atoms with Gasteiger partial charge in [-0.1, -0.05) is 17.6 Å². The maximum absolute atomic E-state index is 13.5. The summed E-state index contributed by atoms with van der Waals surface area (Å²) in [4.78, 5) is 0.825. The van der Waals surface area contributed by atoms with Gasteiger partial charge in [-0.15, -0.1) is 17.8 Å². The lowest BCUT2D eigenvalue weighted by Crippen LogP contribution is -1.83. The van der Waals surface area contributed by atoms with Crippen LogP contribution in [0.15, 0.2) is 29.6 Å². The molecule has 2 rings (SSSR count). The van der Waals surface area contributed by atoms with Crippen LogP contribution in [0, 0.1) is 25.1 Å². The van der Waals surface area contributed by atoms with E-state index < -0.39 is 0 Å². The molecule has 0 aliphatic carbocycles. The van der Waals surface area contributed by atoms with E-state index >= 15 is 0 Å². The lowest BCUT2D eigenvalue weighted by Gasteiger charge is -2.01. The average Bonchev–Trinajstić information content (AvgIpc) is 2.70. The van der Waals surface area contributed by atoms with Gasteiger partial charge in [0.15, 0.2) is 0 Å². The number of terminal acetylenes is 1. The molecular formula is C13H9FS. The van der Waals surface area contributed by atoms with E-state index in [1.807, 2.05) is 24.4 Å². The van der Waals surface area contributed by atoms with Gasteiger partial charge in [0.05, 0.1) is 4.88 Å². The second kappa shape index (κ2) is 3.88. The summed E-state index contributed by atoms with van der Waals surface area (Å²) in [5, 5.41) is 1.88. The Bertz CT molecular complexity index is 532. The topological polar surface area (TPSA) is 0 Å². The van der Waals surface area contributed by atoms with Gasteiger partial charge >= 0.3 is 0 Å². The highest BCUT2D eigenvalue weighted by atomic mass is 32.1. The number of rotatable bonds is 1. The molecule has 0 aliphatic rings. The van der Waals surface area contributed by atoms with Crippen molar-refractivity contribution in [2.75, 3.05) is 0 Å². The molecule has 0 N–H and O–H groups in total. The number of hydrogen-bond acceptors (Lipinski definition) is 1. The molecular weight excluding hydrogens is 207 g/mol. The largest absolute Gasteiger partial charge is 0.206 e. The summed E-state index contributed by atoms with van der Waals surface area (Å²) in [7, 11) is 0. The molecule has 0 bridgehead atoms. The Balaban J connectivity index is 2.54. The van der Waals surface area contributed by atoms with Crippen LogP contribution in [0.2, 0.25) is 0 Å². The quantitative estimate of drug-likeness (QED) is 0.635. The number of hydrogen-bond donors (Lipinski definition) is 0. The highest BCUT2D eigenvalue weighted by molar-refractivity contribution is 7.11. The first-order valence-electron chi connectivity index (χ1n) is 4.52. The molecule has 0 saturated heterocycles. The Hall–Kier alpha value is -1.59. The third-order valence-electron chi connectivity index (χ3n) is 2.17. The summed E-state index contributed by atoms with van der Waals surface area (Å²) >= 11 is 1.46. The number of halogens is 1. The first-order chi connectivity index (χ1) is 7.20. The molecule has 0 radical (unpaired) electrons. The van der Waals surface area contributed by atoms with Crippen molar-refractivity contribution in [3.63, 3.8) is 0 Å². The molecule has 15 heavy (non-hydrogen) atoms. The van der Waals surface area contributed by atoms with Gasteiger partial charge in [-0.05, 0) is 36.1 Å². The second-order valence-corrected chi connectivity index (χ2v) is 4.24. The van der Waals surface area contributed by atoms with Crippen molar-refractivity contribution in [2.24, 2.45) is 0 Å². The fraction of sp³-hybridized carbons (Fsp3) is 0.0769. The third kappa shape index (κ3) is 1.93. The number of benzene rings is 1. The van der Waals surface area contributed by atoms with E-state index in [0.29, 0.717) is 5.56 Å². The van der Waals surface area contributed by atoms with Crippen LogP contribution in [0.25, 0.3) is 11.1 Å². The molecule has 0 unspecified atom stereocenters. The minimum atomic E-state index is -0.207. The summed E-state index contributed by atoms with van der Waals surface area (Å²) in [6.45, 7) is 1.94. The van der Waals surface area contributed by atoms with Crippen LogP contribution in [0.5, 0.6) is 0 Å². The molecule has 0 aliphatic heterocycles. The van der Waals surface area contributed by atoms with Gasteiger partial charge in [0.1, 0.15) is 5.82 Å². The summed E-state index contributed by atoms with van der Waals surface area (Å²) in [5.74, 6) is 2.34. The van der Waals surface area contributed by atoms with Crippen molar-refractivity contribution in [3.05, 3.63) is 45.9 Å². The van der Waals surface area contributed by atoms with Gasteiger partial charge < -0.3 is 0 Å². The summed E-state index contributed by atoms with van der Waals surface area (Å²) < 4.78 is 13.5. The van der Waals surface area contributed by atoms with E-state index in [0.717, 1.165) is 16.0 Å². The van der Waals surface area contributed by atoms with Crippen molar-refractivity contribution in [1.29, 1.82) is 0 Å². The molecule has 0 nitrogen and oxygen atoms in total. The van der Waals surface area contributed by atoms with Crippen LogP contribution < -0.4 is 0 Å². The van der Waals surface area contributed by atoms with Crippen molar-refractivity contribution < 1.29 is 4.39 Å². The molecule has 1 heterocycles. The fourth-order valence-corrected chi connectivity index (χ4v) is 2.13. The van der Waals surface area contributed by atoms with E-state index in [1.54, 1.807) is 6.07 Å². The molecule has 1 aromatic carbocycles. The van der Waals surface area contributed by atoms with E-state index in [4.69, 9.17) is 6.42 Å². The van der Waals surface area contributed by atoms with Crippen molar-refractivity contribution in [3.8, 4) is 23.5 Å². The molecule has 0 spiro atoms. The number of thiophene rings is 1. The predicted molar refractivity (Wildman–Crippen MR) is 62.4 cm³/mol.